The fourth-order valence-electron chi connectivity index (χ4n) is 2.98. The summed E-state index contributed by atoms with van der Waals surface area (Å²) in [5.74, 6) is -7.50. The summed E-state index contributed by atoms with van der Waals surface area (Å²) in [6, 6.07) is 0. The Bertz CT molecular complexity index is 757. The van der Waals surface area contributed by atoms with Crippen LogP contribution in [0.15, 0.2) is 22.1 Å². The molecule has 0 aromatic heterocycles. The van der Waals surface area contributed by atoms with E-state index in [4.69, 9.17) is 4.74 Å². The molecule has 8 heteroatoms. The van der Waals surface area contributed by atoms with Gasteiger partial charge in [-0.15, -0.1) is 6.58 Å². The lowest BCUT2D eigenvalue weighted by Crippen LogP contribution is -2.14. The highest BCUT2D eigenvalue weighted by atomic mass is 79.9. The maximum absolute atomic E-state index is 14.1. The largest absolute Gasteiger partial charge is 0.460 e. The molecule has 2 nitrogen and oxygen atoms in total. The van der Waals surface area contributed by atoms with Crippen LogP contribution in [0.5, 0.6) is 0 Å². The molecule has 1 saturated carbocycles. The van der Waals surface area contributed by atoms with E-state index in [-0.39, 0.29) is 12.3 Å². The van der Waals surface area contributed by atoms with E-state index in [1.165, 1.54) is 0 Å². The van der Waals surface area contributed by atoms with Gasteiger partial charge in [0.2, 0.25) is 0 Å². The van der Waals surface area contributed by atoms with E-state index in [1.54, 1.807) is 6.08 Å². The molecule has 1 fully saturated rings. The van der Waals surface area contributed by atoms with Crippen molar-refractivity contribution in [2.75, 3.05) is 0 Å². The summed E-state index contributed by atoms with van der Waals surface area (Å²) in [7, 11) is 0. The monoisotopic (exact) mass is 498 g/mol. The van der Waals surface area contributed by atoms with Crippen LogP contribution in [0.4, 0.5) is 17.6 Å². The van der Waals surface area contributed by atoms with Crippen LogP contribution in [0.3, 0.4) is 0 Å². The highest BCUT2D eigenvalue weighted by molar-refractivity contribution is 9.28. The fraction of sp³-hybridized carbons (Fsp3) is 0.389. The number of carbonyl (C=O) groups excluding carboxylic acids is 1. The second kappa shape index (κ2) is 7.84. The van der Waals surface area contributed by atoms with Crippen molar-refractivity contribution in [3.63, 3.8) is 0 Å². The molecule has 0 bridgehead atoms. The number of halogens is 6. The number of esters is 1. The molecule has 2 rings (SSSR count). The van der Waals surface area contributed by atoms with Gasteiger partial charge in [0.15, 0.2) is 23.3 Å². The molecule has 26 heavy (non-hydrogen) atoms. The lowest BCUT2D eigenvalue weighted by Gasteiger charge is -2.12. The second-order valence-corrected chi connectivity index (χ2v) is 9.37. The molecule has 1 aliphatic rings. The summed E-state index contributed by atoms with van der Waals surface area (Å²) in [5, 5.41) is 0. The van der Waals surface area contributed by atoms with Crippen LogP contribution in [0.1, 0.15) is 25.0 Å². The number of allylic oxidation sites excluding steroid dienone is 2. The van der Waals surface area contributed by atoms with Crippen LogP contribution in [-0.2, 0) is 22.6 Å². The summed E-state index contributed by atoms with van der Waals surface area (Å²) in [4.78, 5) is 12.2. The van der Waals surface area contributed by atoms with Crippen molar-refractivity contribution in [1.82, 2.24) is 0 Å². The topological polar surface area (TPSA) is 26.3 Å². The van der Waals surface area contributed by atoms with Crippen LogP contribution < -0.4 is 0 Å². The van der Waals surface area contributed by atoms with E-state index in [9.17, 15) is 22.4 Å². The first kappa shape index (κ1) is 21.2. The van der Waals surface area contributed by atoms with Gasteiger partial charge in [0.05, 0.1) is 14.9 Å². The molecule has 0 radical (unpaired) electrons. The van der Waals surface area contributed by atoms with Crippen molar-refractivity contribution < 1.29 is 27.1 Å². The lowest BCUT2D eigenvalue weighted by atomic mass is 10.1. The zero-order valence-corrected chi connectivity index (χ0v) is 17.2. The van der Waals surface area contributed by atoms with Crippen molar-refractivity contribution in [3.05, 3.63) is 56.5 Å². The Kier molecular flexibility index (Phi) is 6.38. The molecular formula is C18H16Br2F4O2. The second-order valence-electron chi connectivity index (χ2n) is 6.59. The predicted octanol–water partition coefficient (Wildman–Crippen LogP) is 5.92. The Balaban J connectivity index is 2.19. The quantitative estimate of drug-likeness (QED) is 0.210. The minimum Gasteiger partial charge on any atom is -0.460 e. The molecule has 0 amide bonds. The molecule has 1 aromatic carbocycles. The van der Waals surface area contributed by atoms with E-state index in [2.05, 4.69) is 38.4 Å². The summed E-state index contributed by atoms with van der Waals surface area (Å²) < 4.78 is 61.6. The molecule has 1 aliphatic carbocycles. The Morgan fingerprint density at radius 3 is 2.08 bits per heavy atom. The molecule has 0 aliphatic heterocycles. The van der Waals surface area contributed by atoms with Crippen LogP contribution in [-0.4, -0.2) is 5.97 Å². The number of ether oxygens (including phenoxy) is 1. The van der Waals surface area contributed by atoms with E-state index in [1.807, 2.05) is 13.8 Å². The number of hydrogen-bond acceptors (Lipinski definition) is 2. The summed E-state index contributed by atoms with van der Waals surface area (Å²) >= 11 is 6.42. The molecular weight excluding hydrogens is 484 g/mol. The number of benzene rings is 1. The van der Waals surface area contributed by atoms with Gasteiger partial charge < -0.3 is 4.74 Å². The summed E-state index contributed by atoms with van der Waals surface area (Å²) in [5.41, 5.74) is -2.10. The predicted molar refractivity (Wildman–Crippen MR) is 96.7 cm³/mol. The van der Waals surface area contributed by atoms with Crippen molar-refractivity contribution in [1.29, 1.82) is 0 Å². The number of hydrogen-bond donors (Lipinski definition) is 0. The average molecular weight is 500 g/mol. The SMILES string of the molecule is C=CCc1c(F)c(F)c(COC(=O)C2C(C=C(Br)Br)C2(C)C)c(F)c1F. The van der Waals surface area contributed by atoms with Gasteiger partial charge in [-0.1, -0.05) is 26.0 Å². The third kappa shape index (κ3) is 3.91. The Labute approximate surface area is 165 Å². The first-order valence-corrected chi connectivity index (χ1v) is 9.26. The molecule has 2 unspecified atom stereocenters. The van der Waals surface area contributed by atoms with E-state index in [0.29, 0.717) is 3.39 Å². The van der Waals surface area contributed by atoms with Crippen molar-refractivity contribution in [2.45, 2.75) is 26.9 Å². The van der Waals surface area contributed by atoms with E-state index < -0.39 is 58.3 Å². The highest BCUT2D eigenvalue weighted by Gasteiger charge is 2.61. The molecule has 0 N–H and O–H groups in total. The molecule has 0 saturated heterocycles. The van der Waals surface area contributed by atoms with Crippen LogP contribution in [0.25, 0.3) is 0 Å². The van der Waals surface area contributed by atoms with Gasteiger partial charge >= 0.3 is 5.97 Å². The number of carbonyl (C=O) groups is 1. The van der Waals surface area contributed by atoms with Crippen molar-refractivity contribution in [3.8, 4) is 0 Å². The van der Waals surface area contributed by atoms with Gasteiger partial charge in [-0.05, 0) is 49.6 Å². The van der Waals surface area contributed by atoms with Crippen LogP contribution in [0.2, 0.25) is 0 Å². The third-order valence-corrected chi connectivity index (χ3v) is 5.15. The molecule has 1 aromatic rings. The first-order valence-electron chi connectivity index (χ1n) is 7.68. The highest BCUT2D eigenvalue weighted by Crippen LogP contribution is 2.60. The molecule has 142 valence electrons. The maximum atomic E-state index is 14.1. The van der Waals surface area contributed by atoms with Gasteiger partial charge in [-0.25, -0.2) is 17.6 Å². The van der Waals surface area contributed by atoms with E-state index >= 15 is 0 Å². The van der Waals surface area contributed by atoms with Gasteiger partial charge in [-0.3, -0.25) is 4.79 Å². The third-order valence-electron chi connectivity index (χ3n) is 4.62. The number of rotatable bonds is 6. The summed E-state index contributed by atoms with van der Waals surface area (Å²) in [6.45, 7) is 6.08. The first-order chi connectivity index (χ1) is 12.0. The van der Waals surface area contributed by atoms with Gasteiger partial charge in [0.25, 0.3) is 0 Å². The van der Waals surface area contributed by atoms with Gasteiger partial charge in [0, 0.05) is 5.56 Å². The Morgan fingerprint density at radius 2 is 1.62 bits per heavy atom. The summed E-state index contributed by atoms with van der Waals surface area (Å²) in [6.07, 6.45) is 2.54. The van der Waals surface area contributed by atoms with Crippen molar-refractivity contribution >= 4 is 37.8 Å². The van der Waals surface area contributed by atoms with Crippen LogP contribution >= 0.6 is 31.9 Å². The minimum absolute atomic E-state index is 0.137. The smallest absolute Gasteiger partial charge is 0.310 e. The Hall–Kier alpha value is -1.15. The van der Waals surface area contributed by atoms with Gasteiger partial charge in [-0.2, -0.15) is 0 Å². The Morgan fingerprint density at radius 1 is 1.12 bits per heavy atom. The normalized spacial score (nSPS) is 20.5. The average Bonchev–Trinajstić information content (AvgIpc) is 3.09. The van der Waals surface area contributed by atoms with E-state index in [0.717, 1.165) is 6.08 Å². The van der Waals surface area contributed by atoms with Crippen molar-refractivity contribution in [2.24, 2.45) is 17.3 Å². The maximum Gasteiger partial charge on any atom is 0.310 e. The fourth-order valence-corrected chi connectivity index (χ4v) is 3.55. The van der Waals surface area contributed by atoms with Crippen LogP contribution in [0, 0.1) is 40.5 Å². The zero-order chi connectivity index (χ0) is 19.8. The zero-order valence-electron chi connectivity index (χ0n) is 14.0. The molecule has 0 spiro atoms. The lowest BCUT2D eigenvalue weighted by molar-refractivity contribution is -0.147. The molecule has 0 heterocycles. The standard InChI is InChI=1S/C18H16Br2F4O2/c1-4-5-8-13(21)15(23)9(16(24)14(8)22)7-26-17(25)12-10(6-11(19)20)18(12,2)3/h4,6,10,12H,1,5,7H2,2-3H3. The van der Waals surface area contributed by atoms with Gasteiger partial charge in [0.1, 0.15) is 6.61 Å². The molecule has 2 atom stereocenters. The minimum atomic E-state index is -1.57.